The number of aryl methyl sites for hydroxylation is 2. The predicted molar refractivity (Wildman–Crippen MR) is 81.2 cm³/mol. The van der Waals surface area contributed by atoms with Gasteiger partial charge in [-0.1, -0.05) is 17.7 Å². The number of amides is 1. The van der Waals surface area contributed by atoms with E-state index in [4.69, 9.17) is 4.74 Å². The maximum Gasteiger partial charge on any atom is 0.309 e. The number of esters is 1. The summed E-state index contributed by atoms with van der Waals surface area (Å²) in [5, 5.41) is 0. The Hall–Kier alpha value is -1.84. The minimum absolute atomic E-state index is 0.0624. The highest BCUT2D eigenvalue weighted by molar-refractivity contribution is 5.96. The monoisotopic (exact) mass is 289 g/mol. The average Bonchev–Trinajstić information content (AvgIpc) is 2.49. The third-order valence-corrected chi connectivity index (χ3v) is 4.03. The van der Waals surface area contributed by atoms with Crippen molar-refractivity contribution < 1.29 is 14.3 Å². The topological polar surface area (TPSA) is 46.6 Å². The largest absolute Gasteiger partial charge is 0.466 e. The number of likely N-dealkylation sites (tertiary alicyclic amines) is 1. The van der Waals surface area contributed by atoms with E-state index in [-0.39, 0.29) is 17.8 Å². The molecule has 1 saturated heterocycles. The zero-order chi connectivity index (χ0) is 15.4. The Kier molecular flexibility index (Phi) is 4.99. The number of carbonyl (C=O) groups is 2. The molecule has 0 saturated carbocycles. The van der Waals surface area contributed by atoms with Crippen molar-refractivity contribution in [2.24, 2.45) is 5.92 Å². The van der Waals surface area contributed by atoms with E-state index in [1.807, 2.05) is 43.9 Å². The van der Waals surface area contributed by atoms with Crippen LogP contribution in [0.3, 0.4) is 0 Å². The SMILES string of the molecule is CCOC(=O)C1CCN(C(=O)c2cc(C)ccc2C)CC1. The summed E-state index contributed by atoms with van der Waals surface area (Å²) in [4.78, 5) is 26.1. The smallest absolute Gasteiger partial charge is 0.309 e. The van der Waals surface area contributed by atoms with E-state index in [1.165, 1.54) is 0 Å². The van der Waals surface area contributed by atoms with E-state index in [0.717, 1.165) is 16.7 Å². The highest BCUT2D eigenvalue weighted by Gasteiger charge is 2.29. The van der Waals surface area contributed by atoms with E-state index >= 15 is 0 Å². The molecule has 0 aromatic heterocycles. The lowest BCUT2D eigenvalue weighted by Gasteiger charge is -2.31. The van der Waals surface area contributed by atoms with Crippen molar-refractivity contribution in [2.75, 3.05) is 19.7 Å². The van der Waals surface area contributed by atoms with Gasteiger partial charge in [0.25, 0.3) is 5.91 Å². The fraction of sp³-hybridized carbons (Fsp3) is 0.529. The first-order valence-corrected chi connectivity index (χ1v) is 7.56. The van der Waals surface area contributed by atoms with Crippen LogP contribution in [0.15, 0.2) is 18.2 Å². The molecular formula is C17H23NO3. The summed E-state index contributed by atoms with van der Waals surface area (Å²) >= 11 is 0. The van der Waals surface area contributed by atoms with E-state index in [2.05, 4.69) is 0 Å². The molecule has 0 aliphatic carbocycles. The first kappa shape index (κ1) is 15.5. The van der Waals surface area contributed by atoms with Gasteiger partial charge in [-0.2, -0.15) is 0 Å². The Morgan fingerprint density at radius 2 is 1.90 bits per heavy atom. The molecule has 4 nitrogen and oxygen atoms in total. The number of hydrogen-bond acceptors (Lipinski definition) is 3. The van der Waals surface area contributed by atoms with E-state index in [0.29, 0.717) is 32.5 Å². The molecule has 0 bridgehead atoms. The van der Waals surface area contributed by atoms with Crippen LogP contribution in [0, 0.1) is 19.8 Å². The van der Waals surface area contributed by atoms with Crippen LogP contribution in [0.1, 0.15) is 41.3 Å². The Morgan fingerprint density at radius 1 is 1.24 bits per heavy atom. The summed E-state index contributed by atoms with van der Waals surface area (Å²) in [5.41, 5.74) is 2.85. The van der Waals surface area contributed by atoms with Crippen LogP contribution in [-0.4, -0.2) is 36.5 Å². The van der Waals surface area contributed by atoms with Crippen molar-refractivity contribution in [3.8, 4) is 0 Å². The second-order valence-corrected chi connectivity index (χ2v) is 5.64. The molecule has 0 radical (unpaired) electrons. The normalized spacial score (nSPS) is 15.9. The summed E-state index contributed by atoms with van der Waals surface area (Å²) in [5.74, 6) is -0.123. The number of nitrogens with zero attached hydrogens (tertiary/aromatic N) is 1. The van der Waals surface area contributed by atoms with Gasteiger partial charge in [0.2, 0.25) is 0 Å². The van der Waals surface area contributed by atoms with Gasteiger partial charge < -0.3 is 9.64 Å². The first-order chi connectivity index (χ1) is 10.0. The standard InChI is InChI=1S/C17H23NO3/c1-4-21-17(20)14-7-9-18(10-8-14)16(19)15-11-12(2)5-6-13(15)3/h5-6,11,14H,4,7-10H2,1-3H3. The molecule has 114 valence electrons. The van der Waals surface area contributed by atoms with E-state index in [1.54, 1.807) is 0 Å². The number of rotatable bonds is 3. The van der Waals surface area contributed by atoms with Crippen LogP contribution in [0.5, 0.6) is 0 Å². The quantitative estimate of drug-likeness (QED) is 0.804. The summed E-state index contributed by atoms with van der Waals surface area (Å²) < 4.78 is 5.05. The molecule has 1 aromatic rings. The first-order valence-electron chi connectivity index (χ1n) is 7.56. The lowest BCUT2D eigenvalue weighted by molar-refractivity contribution is -0.149. The second-order valence-electron chi connectivity index (χ2n) is 5.64. The number of hydrogen-bond donors (Lipinski definition) is 0. The van der Waals surface area contributed by atoms with Crippen molar-refractivity contribution in [2.45, 2.75) is 33.6 Å². The van der Waals surface area contributed by atoms with Gasteiger partial charge in [-0.3, -0.25) is 9.59 Å². The van der Waals surface area contributed by atoms with Gasteiger partial charge in [-0.15, -0.1) is 0 Å². The Morgan fingerprint density at radius 3 is 2.52 bits per heavy atom. The molecule has 4 heteroatoms. The molecule has 0 atom stereocenters. The summed E-state index contributed by atoms with van der Waals surface area (Å²) in [6, 6.07) is 5.93. The van der Waals surface area contributed by atoms with Crippen LogP contribution >= 0.6 is 0 Å². The summed E-state index contributed by atoms with van der Waals surface area (Å²) in [7, 11) is 0. The van der Waals surface area contributed by atoms with Crippen LogP contribution < -0.4 is 0 Å². The Labute approximate surface area is 126 Å². The third-order valence-electron chi connectivity index (χ3n) is 4.03. The minimum atomic E-state index is -0.128. The van der Waals surface area contributed by atoms with Crippen molar-refractivity contribution in [1.29, 1.82) is 0 Å². The molecule has 1 heterocycles. The van der Waals surface area contributed by atoms with Gasteiger partial charge in [0.1, 0.15) is 0 Å². The molecule has 1 aromatic carbocycles. The van der Waals surface area contributed by atoms with Gasteiger partial charge in [-0.05, 0) is 45.2 Å². The number of ether oxygens (including phenoxy) is 1. The number of carbonyl (C=O) groups excluding carboxylic acids is 2. The summed E-state index contributed by atoms with van der Waals surface area (Å²) in [6.07, 6.45) is 1.38. The van der Waals surface area contributed by atoms with Crippen LogP contribution in [0.2, 0.25) is 0 Å². The molecule has 1 fully saturated rings. The number of piperidine rings is 1. The fourth-order valence-corrected chi connectivity index (χ4v) is 2.71. The lowest BCUT2D eigenvalue weighted by atomic mass is 9.96. The second kappa shape index (κ2) is 6.74. The van der Waals surface area contributed by atoms with E-state index < -0.39 is 0 Å². The minimum Gasteiger partial charge on any atom is -0.466 e. The van der Waals surface area contributed by atoms with Crippen LogP contribution in [-0.2, 0) is 9.53 Å². The van der Waals surface area contributed by atoms with Crippen molar-refractivity contribution in [1.82, 2.24) is 4.90 Å². The average molecular weight is 289 g/mol. The number of benzene rings is 1. The Balaban J connectivity index is 2.00. The molecular weight excluding hydrogens is 266 g/mol. The molecule has 0 spiro atoms. The highest BCUT2D eigenvalue weighted by atomic mass is 16.5. The molecule has 0 N–H and O–H groups in total. The zero-order valence-corrected chi connectivity index (χ0v) is 13.0. The van der Waals surface area contributed by atoms with E-state index in [9.17, 15) is 9.59 Å². The van der Waals surface area contributed by atoms with Gasteiger partial charge in [0.05, 0.1) is 12.5 Å². The molecule has 2 rings (SSSR count). The van der Waals surface area contributed by atoms with Gasteiger partial charge in [0, 0.05) is 18.7 Å². The van der Waals surface area contributed by atoms with Crippen molar-refractivity contribution >= 4 is 11.9 Å². The zero-order valence-electron chi connectivity index (χ0n) is 13.0. The maximum absolute atomic E-state index is 12.6. The Bertz CT molecular complexity index is 531. The van der Waals surface area contributed by atoms with Crippen LogP contribution in [0.25, 0.3) is 0 Å². The van der Waals surface area contributed by atoms with Crippen molar-refractivity contribution in [3.63, 3.8) is 0 Å². The summed E-state index contributed by atoms with van der Waals surface area (Å²) in [6.45, 7) is 7.42. The third kappa shape index (κ3) is 3.63. The van der Waals surface area contributed by atoms with Gasteiger partial charge in [0.15, 0.2) is 0 Å². The molecule has 1 amide bonds. The molecule has 1 aliphatic rings. The van der Waals surface area contributed by atoms with Gasteiger partial charge >= 0.3 is 5.97 Å². The van der Waals surface area contributed by atoms with Crippen LogP contribution in [0.4, 0.5) is 0 Å². The maximum atomic E-state index is 12.6. The molecule has 0 unspecified atom stereocenters. The van der Waals surface area contributed by atoms with Crippen molar-refractivity contribution in [3.05, 3.63) is 34.9 Å². The highest BCUT2D eigenvalue weighted by Crippen LogP contribution is 2.21. The van der Waals surface area contributed by atoms with Gasteiger partial charge in [-0.25, -0.2) is 0 Å². The molecule has 21 heavy (non-hydrogen) atoms. The molecule has 1 aliphatic heterocycles. The lowest BCUT2D eigenvalue weighted by Crippen LogP contribution is -2.40. The predicted octanol–water partition coefficient (Wildman–Crippen LogP) is 2.72. The fourth-order valence-electron chi connectivity index (χ4n) is 2.71.